The van der Waals surface area contributed by atoms with Crippen molar-refractivity contribution in [1.82, 2.24) is 5.32 Å². The number of halogens is 1. The number of carbonyl (C=O) groups excluding carboxylic acids is 1. The van der Waals surface area contributed by atoms with Crippen LogP contribution in [0, 0.1) is 5.92 Å². The Hall–Kier alpha value is -1.36. The minimum Gasteiger partial charge on any atom is -0.481 e. The SMILES string of the molecule is O=C(NC1CCC(C(=O)O)CC1)c1ccc(Br)cc1. The van der Waals surface area contributed by atoms with Crippen molar-refractivity contribution in [2.45, 2.75) is 31.7 Å². The van der Waals surface area contributed by atoms with Gasteiger partial charge in [0, 0.05) is 16.1 Å². The van der Waals surface area contributed by atoms with Crippen molar-refractivity contribution < 1.29 is 14.7 Å². The molecule has 0 radical (unpaired) electrons. The number of nitrogens with one attached hydrogen (secondary N) is 1. The van der Waals surface area contributed by atoms with Crippen LogP contribution in [0.5, 0.6) is 0 Å². The molecule has 5 heteroatoms. The van der Waals surface area contributed by atoms with Crippen LogP contribution in [0.3, 0.4) is 0 Å². The summed E-state index contributed by atoms with van der Waals surface area (Å²) in [5, 5.41) is 11.9. The number of hydrogen-bond acceptors (Lipinski definition) is 2. The molecule has 0 atom stereocenters. The molecule has 19 heavy (non-hydrogen) atoms. The third-order valence-electron chi connectivity index (χ3n) is 3.52. The normalized spacial score (nSPS) is 22.8. The van der Waals surface area contributed by atoms with Gasteiger partial charge in [0.15, 0.2) is 0 Å². The maximum Gasteiger partial charge on any atom is 0.306 e. The molecule has 0 bridgehead atoms. The van der Waals surface area contributed by atoms with Crippen LogP contribution in [0.2, 0.25) is 0 Å². The molecule has 1 aliphatic rings. The van der Waals surface area contributed by atoms with Gasteiger partial charge in [-0.15, -0.1) is 0 Å². The highest BCUT2D eigenvalue weighted by molar-refractivity contribution is 9.10. The summed E-state index contributed by atoms with van der Waals surface area (Å²) >= 11 is 3.33. The number of carboxylic acids is 1. The van der Waals surface area contributed by atoms with Crippen molar-refractivity contribution in [1.29, 1.82) is 0 Å². The molecule has 0 heterocycles. The van der Waals surface area contributed by atoms with E-state index < -0.39 is 5.97 Å². The first-order valence-electron chi connectivity index (χ1n) is 6.35. The van der Waals surface area contributed by atoms with E-state index in [2.05, 4.69) is 21.2 Å². The second kappa shape index (κ2) is 6.19. The van der Waals surface area contributed by atoms with Gasteiger partial charge >= 0.3 is 5.97 Å². The quantitative estimate of drug-likeness (QED) is 0.898. The number of carbonyl (C=O) groups is 2. The summed E-state index contributed by atoms with van der Waals surface area (Å²) in [6.07, 6.45) is 2.75. The van der Waals surface area contributed by atoms with Crippen LogP contribution in [0.15, 0.2) is 28.7 Å². The standard InChI is InChI=1S/C14H16BrNO3/c15-11-5-1-9(2-6-11)13(17)16-12-7-3-10(4-8-12)14(18)19/h1-2,5-6,10,12H,3-4,7-8H2,(H,16,17)(H,18,19). The van der Waals surface area contributed by atoms with Crippen LogP contribution in [0.1, 0.15) is 36.0 Å². The smallest absolute Gasteiger partial charge is 0.306 e. The minimum absolute atomic E-state index is 0.0896. The van der Waals surface area contributed by atoms with Crippen molar-refractivity contribution in [2.24, 2.45) is 5.92 Å². The zero-order valence-electron chi connectivity index (χ0n) is 10.4. The third-order valence-corrected chi connectivity index (χ3v) is 4.05. The molecule has 1 aliphatic carbocycles. The molecule has 0 aromatic heterocycles. The van der Waals surface area contributed by atoms with E-state index >= 15 is 0 Å². The van der Waals surface area contributed by atoms with Crippen LogP contribution in [0.4, 0.5) is 0 Å². The Morgan fingerprint density at radius 3 is 2.21 bits per heavy atom. The summed E-state index contributed by atoms with van der Waals surface area (Å²) in [7, 11) is 0. The average molecular weight is 326 g/mol. The monoisotopic (exact) mass is 325 g/mol. The van der Waals surface area contributed by atoms with E-state index in [0.29, 0.717) is 18.4 Å². The summed E-state index contributed by atoms with van der Waals surface area (Å²) < 4.78 is 0.936. The number of rotatable bonds is 3. The topological polar surface area (TPSA) is 66.4 Å². The van der Waals surface area contributed by atoms with Gasteiger partial charge in [0.2, 0.25) is 0 Å². The fourth-order valence-corrected chi connectivity index (χ4v) is 2.62. The Bertz CT molecular complexity index is 464. The van der Waals surface area contributed by atoms with Crippen molar-refractivity contribution >= 4 is 27.8 Å². The number of amides is 1. The maximum atomic E-state index is 12.0. The van der Waals surface area contributed by atoms with Gasteiger partial charge in [0.05, 0.1) is 5.92 Å². The molecule has 2 N–H and O–H groups in total. The van der Waals surface area contributed by atoms with E-state index in [-0.39, 0.29) is 17.9 Å². The lowest BCUT2D eigenvalue weighted by molar-refractivity contribution is -0.142. The summed E-state index contributed by atoms with van der Waals surface area (Å²) in [6.45, 7) is 0. The predicted molar refractivity (Wildman–Crippen MR) is 75.0 cm³/mol. The molecular formula is C14H16BrNO3. The van der Waals surface area contributed by atoms with E-state index in [4.69, 9.17) is 5.11 Å². The third kappa shape index (κ3) is 3.80. The largest absolute Gasteiger partial charge is 0.481 e. The Balaban J connectivity index is 1.87. The molecular weight excluding hydrogens is 310 g/mol. The molecule has 1 amide bonds. The van der Waals surface area contributed by atoms with Gasteiger partial charge < -0.3 is 10.4 Å². The van der Waals surface area contributed by atoms with Crippen LogP contribution in [-0.2, 0) is 4.79 Å². The second-order valence-electron chi connectivity index (χ2n) is 4.87. The van der Waals surface area contributed by atoms with Crippen molar-refractivity contribution in [3.8, 4) is 0 Å². The van der Waals surface area contributed by atoms with E-state index in [1.54, 1.807) is 12.1 Å². The Morgan fingerprint density at radius 2 is 1.68 bits per heavy atom. The Labute approximate surface area is 120 Å². The first-order valence-corrected chi connectivity index (χ1v) is 7.15. The van der Waals surface area contributed by atoms with Crippen LogP contribution < -0.4 is 5.32 Å². The number of carboxylic acid groups (broad SMARTS) is 1. The summed E-state index contributed by atoms with van der Waals surface area (Å²) in [4.78, 5) is 22.8. The molecule has 1 aromatic carbocycles. The molecule has 2 rings (SSSR count). The average Bonchev–Trinajstić information content (AvgIpc) is 2.40. The van der Waals surface area contributed by atoms with Gasteiger partial charge in [-0.05, 0) is 49.9 Å². The summed E-state index contributed by atoms with van der Waals surface area (Å²) in [5.41, 5.74) is 0.628. The number of hydrogen-bond donors (Lipinski definition) is 2. The van der Waals surface area contributed by atoms with Crippen molar-refractivity contribution in [2.75, 3.05) is 0 Å². The Morgan fingerprint density at radius 1 is 1.11 bits per heavy atom. The van der Waals surface area contributed by atoms with Gasteiger partial charge in [-0.2, -0.15) is 0 Å². The summed E-state index contributed by atoms with van der Waals surface area (Å²) in [6, 6.07) is 7.28. The first kappa shape index (κ1) is 14.1. The molecule has 4 nitrogen and oxygen atoms in total. The van der Waals surface area contributed by atoms with E-state index in [1.165, 1.54) is 0 Å². The number of benzene rings is 1. The van der Waals surface area contributed by atoms with Gasteiger partial charge in [-0.1, -0.05) is 15.9 Å². The van der Waals surface area contributed by atoms with E-state index in [1.807, 2.05) is 12.1 Å². The maximum absolute atomic E-state index is 12.0. The Kier molecular flexibility index (Phi) is 4.58. The molecule has 1 saturated carbocycles. The van der Waals surface area contributed by atoms with Crippen molar-refractivity contribution in [3.63, 3.8) is 0 Å². The number of aliphatic carboxylic acids is 1. The molecule has 0 unspecified atom stereocenters. The van der Waals surface area contributed by atoms with Gasteiger partial charge in [-0.25, -0.2) is 0 Å². The van der Waals surface area contributed by atoms with E-state index in [9.17, 15) is 9.59 Å². The molecule has 102 valence electrons. The lowest BCUT2D eigenvalue weighted by Crippen LogP contribution is -2.38. The van der Waals surface area contributed by atoms with Gasteiger partial charge in [-0.3, -0.25) is 9.59 Å². The zero-order chi connectivity index (χ0) is 13.8. The van der Waals surface area contributed by atoms with Crippen LogP contribution >= 0.6 is 15.9 Å². The van der Waals surface area contributed by atoms with Gasteiger partial charge in [0.25, 0.3) is 5.91 Å². The fraction of sp³-hybridized carbons (Fsp3) is 0.429. The highest BCUT2D eigenvalue weighted by Crippen LogP contribution is 2.24. The fourth-order valence-electron chi connectivity index (χ4n) is 2.35. The molecule has 0 aliphatic heterocycles. The minimum atomic E-state index is -0.724. The molecule has 0 saturated heterocycles. The summed E-state index contributed by atoms with van der Waals surface area (Å²) in [5.74, 6) is -1.07. The predicted octanol–water partition coefficient (Wildman–Crippen LogP) is 2.82. The first-order chi connectivity index (χ1) is 9.06. The van der Waals surface area contributed by atoms with Crippen molar-refractivity contribution in [3.05, 3.63) is 34.3 Å². The highest BCUT2D eigenvalue weighted by Gasteiger charge is 2.26. The van der Waals surface area contributed by atoms with E-state index in [0.717, 1.165) is 17.3 Å². The molecule has 1 aromatic rings. The van der Waals surface area contributed by atoms with Crippen LogP contribution in [0.25, 0.3) is 0 Å². The lowest BCUT2D eigenvalue weighted by atomic mass is 9.86. The molecule has 1 fully saturated rings. The second-order valence-corrected chi connectivity index (χ2v) is 5.78. The van der Waals surface area contributed by atoms with Crippen LogP contribution in [-0.4, -0.2) is 23.0 Å². The van der Waals surface area contributed by atoms with Gasteiger partial charge in [0.1, 0.15) is 0 Å². The zero-order valence-corrected chi connectivity index (χ0v) is 12.0. The molecule has 0 spiro atoms. The highest BCUT2D eigenvalue weighted by atomic mass is 79.9. The lowest BCUT2D eigenvalue weighted by Gasteiger charge is -2.26.